The molecule has 102 valence electrons. The van der Waals surface area contributed by atoms with Gasteiger partial charge in [0, 0.05) is 0 Å². The first-order chi connectivity index (χ1) is 9.53. The van der Waals surface area contributed by atoms with Crippen molar-refractivity contribution in [3.05, 3.63) is 48.9 Å². The van der Waals surface area contributed by atoms with E-state index in [1.807, 2.05) is 28.8 Å². The fraction of sp³-hybridized carbons (Fsp3) is 0.0769. The number of anilines is 1. The summed E-state index contributed by atoms with van der Waals surface area (Å²) in [6.45, 7) is 0. The molecule has 0 aliphatic carbocycles. The SMILES string of the molecule is CS(=O)(=O)Nc1ccc(-n2cnc3ccccc32)cn1. The first-order valence-corrected chi connectivity index (χ1v) is 7.78. The van der Waals surface area contributed by atoms with Crippen LogP contribution in [0.15, 0.2) is 48.9 Å². The van der Waals surface area contributed by atoms with Crippen molar-refractivity contribution < 1.29 is 8.42 Å². The summed E-state index contributed by atoms with van der Waals surface area (Å²) >= 11 is 0. The Morgan fingerprint density at radius 3 is 2.60 bits per heavy atom. The molecule has 7 heteroatoms. The predicted molar refractivity (Wildman–Crippen MR) is 77.3 cm³/mol. The van der Waals surface area contributed by atoms with Gasteiger partial charge >= 0.3 is 0 Å². The van der Waals surface area contributed by atoms with Crippen molar-refractivity contribution in [1.82, 2.24) is 14.5 Å². The fourth-order valence-corrected chi connectivity index (χ4v) is 2.44. The van der Waals surface area contributed by atoms with Crippen LogP contribution in [0, 0.1) is 0 Å². The Balaban J connectivity index is 1.99. The van der Waals surface area contributed by atoms with E-state index in [2.05, 4.69) is 14.7 Å². The van der Waals surface area contributed by atoms with E-state index in [0.717, 1.165) is 23.0 Å². The quantitative estimate of drug-likeness (QED) is 0.797. The molecule has 0 unspecified atom stereocenters. The van der Waals surface area contributed by atoms with Crippen molar-refractivity contribution in [3.8, 4) is 5.69 Å². The van der Waals surface area contributed by atoms with Crippen LogP contribution in [0.3, 0.4) is 0 Å². The maximum absolute atomic E-state index is 11.1. The third-order valence-electron chi connectivity index (χ3n) is 2.77. The number of aromatic nitrogens is 3. The van der Waals surface area contributed by atoms with Gasteiger partial charge in [0.05, 0.1) is 29.2 Å². The lowest BCUT2D eigenvalue weighted by atomic mass is 10.3. The van der Waals surface area contributed by atoms with Gasteiger partial charge in [-0.25, -0.2) is 18.4 Å². The maximum atomic E-state index is 11.1. The first-order valence-electron chi connectivity index (χ1n) is 5.89. The molecule has 0 aliphatic heterocycles. The van der Waals surface area contributed by atoms with E-state index in [9.17, 15) is 8.42 Å². The number of rotatable bonds is 3. The van der Waals surface area contributed by atoms with Crippen LogP contribution in [0.1, 0.15) is 0 Å². The number of nitrogens with zero attached hydrogens (tertiary/aromatic N) is 3. The second kappa shape index (κ2) is 4.61. The molecule has 3 rings (SSSR count). The molecule has 20 heavy (non-hydrogen) atoms. The van der Waals surface area contributed by atoms with Crippen LogP contribution < -0.4 is 4.72 Å². The van der Waals surface area contributed by atoms with Gasteiger partial charge in [-0.15, -0.1) is 0 Å². The largest absolute Gasteiger partial charge is 0.297 e. The number of para-hydroxylation sites is 2. The van der Waals surface area contributed by atoms with Crippen LogP contribution in [0.25, 0.3) is 16.7 Å². The number of sulfonamides is 1. The molecular weight excluding hydrogens is 276 g/mol. The molecule has 0 spiro atoms. The van der Waals surface area contributed by atoms with E-state index in [4.69, 9.17) is 0 Å². The topological polar surface area (TPSA) is 76.9 Å². The molecule has 2 heterocycles. The summed E-state index contributed by atoms with van der Waals surface area (Å²) < 4.78 is 26.5. The van der Waals surface area contributed by atoms with Crippen LogP contribution in [0.5, 0.6) is 0 Å². The number of benzene rings is 1. The van der Waals surface area contributed by atoms with Gasteiger partial charge < -0.3 is 0 Å². The Morgan fingerprint density at radius 2 is 1.90 bits per heavy atom. The van der Waals surface area contributed by atoms with Crippen molar-refractivity contribution in [1.29, 1.82) is 0 Å². The van der Waals surface area contributed by atoms with Gasteiger partial charge in [-0.2, -0.15) is 0 Å². The Morgan fingerprint density at radius 1 is 1.10 bits per heavy atom. The van der Waals surface area contributed by atoms with Crippen LogP contribution in [-0.4, -0.2) is 29.2 Å². The molecule has 2 aromatic heterocycles. The molecular formula is C13H12N4O2S. The molecule has 0 saturated carbocycles. The molecule has 1 N–H and O–H groups in total. The maximum Gasteiger partial charge on any atom is 0.230 e. The van der Waals surface area contributed by atoms with Gasteiger partial charge in [-0.1, -0.05) is 12.1 Å². The standard InChI is InChI=1S/C13H12N4O2S/c1-20(18,19)16-13-7-6-10(8-14-13)17-9-15-11-4-2-3-5-12(11)17/h2-9H,1H3,(H,14,16). The lowest BCUT2D eigenvalue weighted by Gasteiger charge is -2.06. The van der Waals surface area contributed by atoms with E-state index in [1.54, 1.807) is 24.7 Å². The zero-order chi connectivity index (χ0) is 14.2. The molecule has 0 atom stereocenters. The summed E-state index contributed by atoms with van der Waals surface area (Å²) in [5.41, 5.74) is 2.68. The molecule has 0 radical (unpaired) electrons. The number of imidazole rings is 1. The van der Waals surface area contributed by atoms with Crippen molar-refractivity contribution >= 4 is 26.9 Å². The molecule has 0 saturated heterocycles. The molecule has 6 nitrogen and oxygen atoms in total. The second-order valence-corrected chi connectivity index (χ2v) is 6.13. The molecule has 0 aliphatic rings. The first kappa shape index (κ1) is 12.6. The van der Waals surface area contributed by atoms with Crippen molar-refractivity contribution in [2.75, 3.05) is 11.0 Å². The minimum atomic E-state index is -3.31. The minimum absolute atomic E-state index is 0.292. The Kier molecular flexibility index (Phi) is 2.90. The van der Waals surface area contributed by atoms with E-state index in [-0.39, 0.29) is 0 Å². The number of nitrogens with one attached hydrogen (secondary N) is 1. The zero-order valence-corrected chi connectivity index (χ0v) is 11.5. The van der Waals surface area contributed by atoms with Crippen molar-refractivity contribution in [2.45, 2.75) is 0 Å². The number of fused-ring (bicyclic) bond motifs is 1. The van der Waals surface area contributed by atoms with E-state index >= 15 is 0 Å². The Hall–Kier alpha value is -2.41. The fourth-order valence-electron chi connectivity index (χ4n) is 1.94. The molecule has 0 fully saturated rings. The van der Waals surface area contributed by atoms with E-state index in [0.29, 0.717) is 5.82 Å². The highest BCUT2D eigenvalue weighted by molar-refractivity contribution is 7.92. The van der Waals surface area contributed by atoms with Gasteiger partial charge in [0.15, 0.2) is 0 Å². The molecule has 3 aromatic rings. The van der Waals surface area contributed by atoms with Crippen LogP contribution in [-0.2, 0) is 10.0 Å². The normalized spacial score (nSPS) is 11.7. The molecule has 1 aromatic carbocycles. The smallest absolute Gasteiger partial charge is 0.230 e. The van der Waals surface area contributed by atoms with E-state index < -0.39 is 10.0 Å². The zero-order valence-electron chi connectivity index (χ0n) is 10.7. The lowest BCUT2D eigenvalue weighted by molar-refractivity contribution is 0.606. The van der Waals surface area contributed by atoms with Crippen molar-refractivity contribution in [2.24, 2.45) is 0 Å². The average molecular weight is 288 g/mol. The van der Waals surface area contributed by atoms with Crippen LogP contribution >= 0.6 is 0 Å². The Bertz CT molecular complexity index is 853. The summed E-state index contributed by atoms with van der Waals surface area (Å²) in [5, 5.41) is 0. The van der Waals surface area contributed by atoms with Gasteiger partial charge in [-0.3, -0.25) is 9.29 Å². The van der Waals surface area contributed by atoms with Crippen molar-refractivity contribution in [3.63, 3.8) is 0 Å². The van der Waals surface area contributed by atoms with Crippen LogP contribution in [0.2, 0.25) is 0 Å². The molecule has 0 bridgehead atoms. The summed E-state index contributed by atoms with van der Waals surface area (Å²) in [5.74, 6) is 0.292. The summed E-state index contributed by atoms with van der Waals surface area (Å²) in [6.07, 6.45) is 4.40. The highest BCUT2D eigenvalue weighted by Gasteiger charge is 2.06. The van der Waals surface area contributed by atoms with Gasteiger partial charge in [-0.05, 0) is 24.3 Å². The highest BCUT2D eigenvalue weighted by atomic mass is 32.2. The summed E-state index contributed by atoms with van der Waals surface area (Å²) in [6, 6.07) is 11.2. The van der Waals surface area contributed by atoms with Gasteiger partial charge in [0.25, 0.3) is 0 Å². The summed E-state index contributed by atoms with van der Waals surface area (Å²) in [7, 11) is -3.31. The highest BCUT2D eigenvalue weighted by Crippen LogP contribution is 2.18. The summed E-state index contributed by atoms with van der Waals surface area (Å²) in [4.78, 5) is 8.39. The van der Waals surface area contributed by atoms with Gasteiger partial charge in [0.2, 0.25) is 10.0 Å². The predicted octanol–water partition coefficient (Wildman–Crippen LogP) is 1.79. The van der Waals surface area contributed by atoms with Crippen LogP contribution in [0.4, 0.5) is 5.82 Å². The third-order valence-corrected chi connectivity index (χ3v) is 3.35. The minimum Gasteiger partial charge on any atom is -0.297 e. The molecule has 0 amide bonds. The number of hydrogen-bond donors (Lipinski definition) is 1. The number of hydrogen-bond acceptors (Lipinski definition) is 4. The monoisotopic (exact) mass is 288 g/mol. The average Bonchev–Trinajstić information content (AvgIpc) is 2.82. The third kappa shape index (κ3) is 2.48. The number of pyridine rings is 1. The lowest BCUT2D eigenvalue weighted by Crippen LogP contribution is -2.10. The second-order valence-electron chi connectivity index (χ2n) is 4.38. The Labute approximate surface area is 116 Å². The van der Waals surface area contributed by atoms with Gasteiger partial charge in [0.1, 0.15) is 12.1 Å². The van der Waals surface area contributed by atoms with E-state index in [1.165, 1.54) is 0 Å².